The van der Waals surface area contributed by atoms with Crippen molar-refractivity contribution in [1.82, 2.24) is 5.32 Å². The molecule has 0 aromatic rings. The van der Waals surface area contributed by atoms with Gasteiger partial charge in [-0.05, 0) is 37.4 Å². The molecule has 1 aliphatic carbocycles. The molecule has 0 radical (unpaired) electrons. The van der Waals surface area contributed by atoms with Gasteiger partial charge in [-0.1, -0.05) is 32.6 Å². The third-order valence-electron chi connectivity index (χ3n) is 3.73. The fourth-order valence-electron chi connectivity index (χ4n) is 2.18. The molecular formula is C14H27NOS. The number of unbranched alkanes of at least 4 members (excludes halogenated alkanes) is 3. The first-order chi connectivity index (χ1) is 8.12. The van der Waals surface area contributed by atoms with Gasteiger partial charge in [0.1, 0.15) is 0 Å². The lowest BCUT2D eigenvalue weighted by Crippen LogP contribution is -2.34. The standard InChI is InChI=1S/C14H27NOS/c1-3-4-5-6-7-12(2)15-13(16)10-14(11-17)8-9-14/h12,17H,3-11H2,1-2H3,(H,15,16). The van der Waals surface area contributed by atoms with Gasteiger partial charge in [0.15, 0.2) is 0 Å². The molecule has 0 aromatic heterocycles. The zero-order chi connectivity index (χ0) is 12.7. The van der Waals surface area contributed by atoms with Gasteiger partial charge < -0.3 is 5.32 Å². The molecule has 0 bridgehead atoms. The molecule has 1 atom stereocenters. The second-order valence-corrected chi connectivity index (χ2v) is 5.97. The van der Waals surface area contributed by atoms with Gasteiger partial charge in [0.25, 0.3) is 0 Å². The smallest absolute Gasteiger partial charge is 0.220 e. The first-order valence-corrected chi connectivity index (χ1v) is 7.65. The molecule has 1 rings (SSSR count). The highest BCUT2D eigenvalue weighted by Crippen LogP contribution is 2.49. The van der Waals surface area contributed by atoms with E-state index in [2.05, 4.69) is 31.8 Å². The SMILES string of the molecule is CCCCCCC(C)NC(=O)CC1(CS)CC1. The maximum absolute atomic E-state index is 11.8. The van der Waals surface area contributed by atoms with Gasteiger partial charge in [-0.3, -0.25) is 4.79 Å². The van der Waals surface area contributed by atoms with Crippen LogP contribution in [0.25, 0.3) is 0 Å². The Morgan fingerprint density at radius 1 is 1.35 bits per heavy atom. The molecule has 1 fully saturated rings. The van der Waals surface area contributed by atoms with Crippen LogP contribution in [0.2, 0.25) is 0 Å². The monoisotopic (exact) mass is 257 g/mol. The summed E-state index contributed by atoms with van der Waals surface area (Å²) in [5, 5.41) is 3.11. The summed E-state index contributed by atoms with van der Waals surface area (Å²) in [4.78, 5) is 11.8. The number of nitrogens with one attached hydrogen (secondary N) is 1. The van der Waals surface area contributed by atoms with E-state index in [1.807, 2.05) is 0 Å². The summed E-state index contributed by atoms with van der Waals surface area (Å²) in [5.74, 6) is 1.07. The molecule has 3 heteroatoms. The summed E-state index contributed by atoms with van der Waals surface area (Å²) in [6, 6.07) is 0.329. The van der Waals surface area contributed by atoms with E-state index in [0.717, 1.165) is 12.2 Å². The van der Waals surface area contributed by atoms with Gasteiger partial charge >= 0.3 is 0 Å². The van der Waals surface area contributed by atoms with Crippen LogP contribution in [-0.2, 0) is 4.79 Å². The van der Waals surface area contributed by atoms with Crippen molar-refractivity contribution in [2.75, 3.05) is 5.75 Å². The van der Waals surface area contributed by atoms with Crippen LogP contribution in [0.1, 0.15) is 65.2 Å². The highest BCUT2D eigenvalue weighted by atomic mass is 32.1. The summed E-state index contributed by atoms with van der Waals surface area (Å²) in [6.45, 7) is 4.34. The first kappa shape index (κ1) is 14.9. The maximum atomic E-state index is 11.8. The van der Waals surface area contributed by atoms with Crippen molar-refractivity contribution in [2.24, 2.45) is 5.41 Å². The molecule has 0 aliphatic heterocycles. The van der Waals surface area contributed by atoms with E-state index in [1.165, 1.54) is 38.5 Å². The average Bonchev–Trinajstić information content (AvgIpc) is 3.04. The summed E-state index contributed by atoms with van der Waals surface area (Å²) in [5.41, 5.74) is 0.245. The van der Waals surface area contributed by atoms with Crippen LogP contribution in [0.3, 0.4) is 0 Å². The number of carbonyl (C=O) groups excluding carboxylic acids is 1. The van der Waals surface area contributed by atoms with Gasteiger partial charge in [0.2, 0.25) is 5.91 Å². The minimum absolute atomic E-state index is 0.222. The molecule has 0 aromatic carbocycles. The van der Waals surface area contributed by atoms with Crippen LogP contribution in [0.4, 0.5) is 0 Å². The number of amides is 1. The second kappa shape index (κ2) is 7.30. The largest absolute Gasteiger partial charge is 0.354 e. The van der Waals surface area contributed by atoms with Gasteiger partial charge in [-0.15, -0.1) is 0 Å². The van der Waals surface area contributed by atoms with Crippen molar-refractivity contribution < 1.29 is 4.79 Å². The highest BCUT2D eigenvalue weighted by molar-refractivity contribution is 7.80. The minimum atomic E-state index is 0.222. The number of rotatable bonds is 9. The number of thiol groups is 1. The summed E-state index contributed by atoms with van der Waals surface area (Å²) >= 11 is 4.33. The topological polar surface area (TPSA) is 29.1 Å². The van der Waals surface area contributed by atoms with Crippen LogP contribution in [0.5, 0.6) is 0 Å². The molecule has 1 saturated carbocycles. The summed E-state index contributed by atoms with van der Waals surface area (Å²) in [6.07, 6.45) is 9.23. The Labute approximate surface area is 111 Å². The van der Waals surface area contributed by atoms with Gasteiger partial charge in [0, 0.05) is 12.5 Å². The number of hydrogen-bond donors (Lipinski definition) is 2. The van der Waals surface area contributed by atoms with Crippen molar-refractivity contribution in [3.8, 4) is 0 Å². The Bertz CT molecular complexity index is 238. The number of hydrogen-bond acceptors (Lipinski definition) is 2. The molecule has 2 nitrogen and oxygen atoms in total. The predicted molar refractivity (Wildman–Crippen MR) is 76.5 cm³/mol. The lowest BCUT2D eigenvalue weighted by Gasteiger charge is -2.16. The van der Waals surface area contributed by atoms with Crippen molar-refractivity contribution in [3.05, 3.63) is 0 Å². The highest BCUT2D eigenvalue weighted by Gasteiger charge is 2.42. The second-order valence-electron chi connectivity index (χ2n) is 5.65. The Hall–Kier alpha value is -0.180. The van der Waals surface area contributed by atoms with Crippen LogP contribution in [0.15, 0.2) is 0 Å². The molecule has 1 unspecified atom stereocenters. The van der Waals surface area contributed by atoms with E-state index in [9.17, 15) is 4.79 Å². The third-order valence-corrected chi connectivity index (χ3v) is 4.40. The van der Waals surface area contributed by atoms with Crippen molar-refractivity contribution in [2.45, 2.75) is 71.3 Å². The number of carbonyl (C=O) groups is 1. The molecule has 17 heavy (non-hydrogen) atoms. The molecule has 0 saturated heterocycles. The quantitative estimate of drug-likeness (QED) is 0.480. The predicted octanol–water partition coefficient (Wildman–Crippen LogP) is 3.56. The zero-order valence-corrected chi connectivity index (χ0v) is 12.2. The van der Waals surface area contributed by atoms with Gasteiger partial charge in [0.05, 0.1) is 0 Å². The fourth-order valence-corrected chi connectivity index (χ4v) is 2.61. The van der Waals surface area contributed by atoms with Crippen molar-refractivity contribution >= 4 is 18.5 Å². The van der Waals surface area contributed by atoms with Crippen molar-refractivity contribution in [3.63, 3.8) is 0 Å². The summed E-state index contributed by atoms with van der Waals surface area (Å²) in [7, 11) is 0. The summed E-state index contributed by atoms with van der Waals surface area (Å²) < 4.78 is 0. The fraction of sp³-hybridized carbons (Fsp3) is 0.929. The van der Waals surface area contributed by atoms with Gasteiger partial charge in [-0.2, -0.15) is 12.6 Å². The minimum Gasteiger partial charge on any atom is -0.354 e. The van der Waals surface area contributed by atoms with Crippen molar-refractivity contribution in [1.29, 1.82) is 0 Å². The van der Waals surface area contributed by atoms with Crippen LogP contribution in [0, 0.1) is 5.41 Å². The van der Waals surface area contributed by atoms with Gasteiger partial charge in [-0.25, -0.2) is 0 Å². The molecule has 0 heterocycles. The normalized spacial score (nSPS) is 18.8. The third kappa shape index (κ3) is 5.80. The molecule has 0 spiro atoms. The van der Waals surface area contributed by atoms with E-state index in [1.54, 1.807) is 0 Å². The molecule has 1 amide bonds. The zero-order valence-electron chi connectivity index (χ0n) is 11.3. The lowest BCUT2D eigenvalue weighted by atomic mass is 10.0. The van der Waals surface area contributed by atoms with Crippen LogP contribution < -0.4 is 5.32 Å². The Kier molecular flexibility index (Phi) is 6.39. The Morgan fingerprint density at radius 2 is 2.06 bits per heavy atom. The van der Waals surface area contributed by atoms with Crippen LogP contribution >= 0.6 is 12.6 Å². The van der Waals surface area contributed by atoms with E-state index >= 15 is 0 Å². The molecule has 1 aliphatic rings. The molecule has 1 N–H and O–H groups in total. The van der Waals surface area contributed by atoms with E-state index in [4.69, 9.17) is 0 Å². The molecular weight excluding hydrogens is 230 g/mol. The van der Waals surface area contributed by atoms with Crippen LogP contribution in [-0.4, -0.2) is 17.7 Å². The van der Waals surface area contributed by atoms with E-state index in [-0.39, 0.29) is 11.3 Å². The first-order valence-electron chi connectivity index (χ1n) is 7.02. The average molecular weight is 257 g/mol. The Balaban J connectivity index is 2.09. The van der Waals surface area contributed by atoms with E-state index in [0.29, 0.717) is 12.5 Å². The Morgan fingerprint density at radius 3 is 2.59 bits per heavy atom. The maximum Gasteiger partial charge on any atom is 0.220 e. The van der Waals surface area contributed by atoms with E-state index < -0.39 is 0 Å². The lowest BCUT2D eigenvalue weighted by molar-refractivity contribution is -0.122. The molecule has 100 valence electrons.